The number of hydrogen-bond acceptors (Lipinski definition) is 1. The van der Waals surface area contributed by atoms with Crippen molar-refractivity contribution in [1.82, 2.24) is 0 Å². The van der Waals surface area contributed by atoms with E-state index in [9.17, 15) is 17.6 Å². The van der Waals surface area contributed by atoms with Crippen molar-refractivity contribution in [2.24, 2.45) is 5.73 Å². The maximum Gasteiger partial charge on any atom is 0.397 e. The van der Waals surface area contributed by atoms with Crippen molar-refractivity contribution < 1.29 is 17.6 Å². The van der Waals surface area contributed by atoms with Gasteiger partial charge in [-0.1, -0.05) is 22.0 Å². The first kappa shape index (κ1) is 12.4. The van der Waals surface area contributed by atoms with Gasteiger partial charge in [0.15, 0.2) is 0 Å². The number of rotatable bonds is 2. The van der Waals surface area contributed by atoms with Crippen molar-refractivity contribution in [2.75, 3.05) is 6.54 Å². The minimum absolute atomic E-state index is 0.390. The average molecular weight is 286 g/mol. The van der Waals surface area contributed by atoms with Crippen molar-refractivity contribution in [3.63, 3.8) is 0 Å². The largest absolute Gasteiger partial charge is 0.397 e. The monoisotopic (exact) mass is 285 g/mol. The molecule has 0 radical (unpaired) electrons. The summed E-state index contributed by atoms with van der Waals surface area (Å²) in [6.45, 7) is -0.665. The molecule has 0 spiro atoms. The van der Waals surface area contributed by atoms with Crippen LogP contribution in [-0.4, -0.2) is 12.7 Å². The van der Waals surface area contributed by atoms with Crippen molar-refractivity contribution >= 4 is 15.9 Å². The highest BCUT2D eigenvalue weighted by atomic mass is 79.9. The van der Waals surface area contributed by atoms with E-state index in [4.69, 9.17) is 5.73 Å². The minimum atomic E-state index is -4.52. The predicted molar refractivity (Wildman–Crippen MR) is 52.0 cm³/mol. The third-order valence-corrected chi connectivity index (χ3v) is 2.46. The van der Waals surface area contributed by atoms with Gasteiger partial charge in [0.05, 0.1) is 5.92 Å². The fraction of sp³-hybridized carbons (Fsp3) is 0.333. The van der Waals surface area contributed by atoms with Gasteiger partial charge in [-0.25, -0.2) is 4.39 Å². The van der Waals surface area contributed by atoms with Crippen LogP contribution in [0.5, 0.6) is 0 Å². The SMILES string of the molecule is NCC(c1ccc(Br)cc1F)C(F)(F)F. The number of benzene rings is 1. The summed E-state index contributed by atoms with van der Waals surface area (Å²) >= 11 is 2.97. The van der Waals surface area contributed by atoms with Crippen LogP contribution in [0.15, 0.2) is 22.7 Å². The molecule has 1 nitrogen and oxygen atoms in total. The first-order valence-electron chi connectivity index (χ1n) is 4.08. The van der Waals surface area contributed by atoms with Gasteiger partial charge < -0.3 is 5.73 Å². The van der Waals surface area contributed by atoms with Gasteiger partial charge >= 0.3 is 6.18 Å². The van der Waals surface area contributed by atoms with E-state index >= 15 is 0 Å². The molecule has 0 aliphatic carbocycles. The zero-order valence-electron chi connectivity index (χ0n) is 7.48. The Hall–Kier alpha value is -0.620. The van der Waals surface area contributed by atoms with Crippen LogP contribution in [0.25, 0.3) is 0 Å². The smallest absolute Gasteiger partial charge is 0.330 e. The molecule has 2 N–H and O–H groups in total. The van der Waals surface area contributed by atoms with Gasteiger partial charge in [-0.3, -0.25) is 0 Å². The van der Waals surface area contributed by atoms with Gasteiger partial charge in [0.1, 0.15) is 5.82 Å². The lowest BCUT2D eigenvalue weighted by molar-refractivity contribution is -0.148. The summed E-state index contributed by atoms with van der Waals surface area (Å²) in [5.74, 6) is -2.86. The van der Waals surface area contributed by atoms with E-state index in [0.29, 0.717) is 4.47 Å². The highest BCUT2D eigenvalue weighted by molar-refractivity contribution is 9.10. The summed E-state index contributed by atoms with van der Waals surface area (Å²) in [4.78, 5) is 0. The molecule has 0 aromatic heterocycles. The Kier molecular flexibility index (Phi) is 3.72. The van der Waals surface area contributed by atoms with E-state index in [1.54, 1.807) is 0 Å². The molecule has 0 aliphatic heterocycles. The maximum atomic E-state index is 13.2. The fourth-order valence-electron chi connectivity index (χ4n) is 1.22. The molecule has 0 heterocycles. The second kappa shape index (κ2) is 4.49. The highest BCUT2D eigenvalue weighted by Crippen LogP contribution is 2.35. The second-order valence-corrected chi connectivity index (χ2v) is 3.91. The molecule has 0 bridgehead atoms. The molecule has 1 rings (SSSR count). The van der Waals surface area contributed by atoms with Crippen molar-refractivity contribution in [3.8, 4) is 0 Å². The maximum absolute atomic E-state index is 13.2. The lowest BCUT2D eigenvalue weighted by atomic mass is 9.98. The Morgan fingerprint density at radius 2 is 1.93 bits per heavy atom. The van der Waals surface area contributed by atoms with E-state index in [2.05, 4.69) is 15.9 Å². The summed E-state index contributed by atoms with van der Waals surface area (Å²) in [5.41, 5.74) is 4.58. The first-order valence-corrected chi connectivity index (χ1v) is 4.87. The molecule has 0 saturated carbocycles. The molecule has 1 aromatic rings. The normalized spacial score (nSPS) is 14.0. The topological polar surface area (TPSA) is 26.0 Å². The Bertz CT molecular complexity index is 350. The van der Waals surface area contributed by atoms with Crippen LogP contribution in [0.2, 0.25) is 0 Å². The van der Waals surface area contributed by atoms with E-state index < -0.39 is 30.0 Å². The molecule has 1 aromatic carbocycles. The minimum Gasteiger partial charge on any atom is -0.330 e. The average Bonchev–Trinajstić information content (AvgIpc) is 2.07. The third kappa shape index (κ3) is 2.92. The molecular formula is C9H8BrF4N. The molecule has 0 aliphatic rings. The predicted octanol–water partition coefficient (Wildman–Crippen LogP) is 3.19. The zero-order chi connectivity index (χ0) is 11.6. The van der Waals surface area contributed by atoms with Crippen LogP contribution in [-0.2, 0) is 0 Å². The third-order valence-electron chi connectivity index (χ3n) is 1.97. The fourth-order valence-corrected chi connectivity index (χ4v) is 1.55. The Morgan fingerprint density at radius 1 is 1.33 bits per heavy atom. The molecule has 0 amide bonds. The molecule has 0 fully saturated rings. The van der Waals surface area contributed by atoms with Crippen LogP contribution in [0.1, 0.15) is 11.5 Å². The molecule has 15 heavy (non-hydrogen) atoms. The lowest BCUT2D eigenvalue weighted by Crippen LogP contribution is -2.28. The Labute approximate surface area is 92.4 Å². The highest BCUT2D eigenvalue weighted by Gasteiger charge is 2.40. The van der Waals surface area contributed by atoms with Crippen LogP contribution in [0.3, 0.4) is 0 Å². The van der Waals surface area contributed by atoms with E-state index in [1.165, 1.54) is 6.07 Å². The molecule has 84 valence electrons. The number of halogens is 5. The van der Waals surface area contributed by atoms with Gasteiger partial charge in [0, 0.05) is 16.6 Å². The quantitative estimate of drug-likeness (QED) is 0.830. The standard InChI is InChI=1S/C9H8BrF4N/c10-5-1-2-6(8(11)3-5)7(4-15)9(12,13)14/h1-3,7H,4,15H2. The molecular weight excluding hydrogens is 278 g/mol. The lowest BCUT2D eigenvalue weighted by Gasteiger charge is -2.19. The van der Waals surface area contributed by atoms with Crippen molar-refractivity contribution in [3.05, 3.63) is 34.1 Å². The van der Waals surface area contributed by atoms with Crippen molar-refractivity contribution in [1.29, 1.82) is 0 Å². The van der Waals surface area contributed by atoms with Gasteiger partial charge in [-0.2, -0.15) is 13.2 Å². The summed E-state index contributed by atoms with van der Waals surface area (Å²) < 4.78 is 50.9. The molecule has 0 saturated heterocycles. The summed E-state index contributed by atoms with van der Waals surface area (Å²) in [6, 6.07) is 3.43. The number of hydrogen-bond donors (Lipinski definition) is 1. The van der Waals surface area contributed by atoms with Crippen LogP contribution < -0.4 is 5.73 Å². The van der Waals surface area contributed by atoms with Gasteiger partial charge in [-0.05, 0) is 12.1 Å². The molecule has 6 heteroatoms. The van der Waals surface area contributed by atoms with Gasteiger partial charge in [0.2, 0.25) is 0 Å². The van der Waals surface area contributed by atoms with Gasteiger partial charge in [-0.15, -0.1) is 0 Å². The van der Waals surface area contributed by atoms with Crippen LogP contribution >= 0.6 is 15.9 Å². The van der Waals surface area contributed by atoms with Crippen LogP contribution in [0, 0.1) is 5.82 Å². The van der Waals surface area contributed by atoms with Gasteiger partial charge in [0.25, 0.3) is 0 Å². The number of alkyl halides is 3. The summed E-state index contributed by atoms with van der Waals surface area (Å²) in [5, 5.41) is 0. The second-order valence-electron chi connectivity index (χ2n) is 3.00. The molecule has 1 atom stereocenters. The summed E-state index contributed by atoms with van der Waals surface area (Å²) in [6.07, 6.45) is -4.52. The van der Waals surface area contributed by atoms with E-state index in [-0.39, 0.29) is 0 Å². The molecule has 1 unspecified atom stereocenters. The zero-order valence-corrected chi connectivity index (χ0v) is 9.07. The number of nitrogens with two attached hydrogens (primary N) is 1. The van der Waals surface area contributed by atoms with E-state index in [0.717, 1.165) is 12.1 Å². The summed E-state index contributed by atoms with van der Waals surface area (Å²) in [7, 11) is 0. The van der Waals surface area contributed by atoms with Crippen molar-refractivity contribution in [2.45, 2.75) is 12.1 Å². The van der Waals surface area contributed by atoms with E-state index in [1.807, 2.05) is 0 Å². The Balaban J connectivity index is 3.13. The Morgan fingerprint density at radius 3 is 2.33 bits per heavy atom. The first-order chi connectivity index (χ1) is 6.86. The van der Waals surface area contributed by atoms with Crippen LogP contribution in [0.4, 0.5) is 17.6 Å².